The third kappa shape index (κ3) is 4.37. The molecular formula is C18H15Cl2N3O4. The molecule has 0 aromatic heterocycles. The van der Waals surface area contributed by atoms with Gasteiger partial charge in [-0.2, -0.15) is 0 Å². The summed E-state index contributed by atoms with van der Waals surface area (Å²) in [5.74, 6) is -0.731. The summed E-state index contributed by atoms with van der Waals surface area (Å²) in [6.45, 7) is 0.427. The fraction of sp³-hybridized carbons (Fsp3) is 0.222. The molecule has 2 amide bonds. The highest BCUT2D eigenvalue weighted by molar-refractivity contribution is 6.35. The Morgan fingerprint density at radius 1 is 1.15 bits per heavy atom. The van der Waals surface area contributed by atoms with Crippen molar-refractivity contribution >= 4 is 46.4 Å². The Balaban J connectivity index is 1.77. The number of nitrogens with one attached hydrogen (secondary N) is 1. The number of hydrogen-bond donors (Lipinski definition) is 1. The molecule has 1 aliphatic heterocycles. The van der Waals surface area contributed by atoms with Crippen molar-refractivity contribution in [3.05, 3.63) is 68.2 Å². The zero-order chi connectivity index (χ0) is 19.6. The average Bonchev–Trinajstić information content (AvgIpc) is 3.10. The number of rotatable bonds is 4. The maximum atomic E-state index is 12.8. The molecule has 27 heavy (non-hydrogen) atoms. The third-order valence-corrected chi connectivity index (χ3v) is 4.69. The highest BCUT2D eigenvalue weighted by Gasteiger charge is 2.34. The van der Waals surface area contributed by atoms with Gasteiger partial charge in [-0.15, -0.1) is 0 Å². The lowest BCUT2D eigenvalue weighted by Crippen LogP contribution is -2.43. The minimum Gasteiger partial charge on any atom is -0.327 e. The molecule has 1 aliphatic rings. The fourth-order valence-electron chi connectivity index (χ4n) is 3.05. The van der Waals surface area contributed by atoms with Crippen molar-refractivity contribution < 1.29 is 14.5 Å². The molecule has 1 heterocycles. The second-order valence-corrected chi connectivity index (χ2v) is 6.98. The molecule has 2 aromatic rings. The molecule has 7 nitrogen and oxygen atoms in total. The molecule has 140 valence electrons. The van der Waals surface area contributed by atoms with Gasteiger partial charge in [-0.25, -0.2) is 0 Å². The number of nitrogens with zero attached hydrogens (tertiary/aromatic N) is 2. The Morgan fingerprint density at radius 3 is 2.52 bits per heavy atom. The summed E-state index contributed by atoms with van der Waals surface area (Å²) >= 11 is 11.9. The van der Waals surface area contributed by atoms with Gasteiger partial charge in [-0.3, -0.25) is 19.7 Å². The van der Waals surface area contributed by atoms with E-state index in [1.807, 2.05) is 0 Å². The van der Waals surface area contributed by atoms with Crippen molar-refractivity contribution in [1.29, 1.82) is 0 Å². The van der Waals surface area contributed by atoms with Crippen LogP contribution in [0, 0.1) is 10.1 Å². The lowest BCUT2D eigenvalue weighted by molar-refractivity contribution is -0.384. The maximum absolute atomic E-state index is 12.8. The SMILES string of the molecule is O=C(Nc1cccc([N+](=O)[O-])c1)C1CCCN1C(=O)c1cc(Cl)cc(Cl)c1. The Labute approximate surface area is 165 Å². The highest BCUT2D eigenvalue weighted by atomic mass is 35.5. The van der Waals surface area contributed by atoms with Crippen LogP contribution >= 0.6 is 23.2 Å². The summed E-state index contributed by atoms with van der Waals surface area (Å²) in [6, 6.07) is 9.51. The number of non-ortho nitro benzene ring substituents is 1. The van der Waals surface area contributed by atoms with E-state index in [0.717, 1.165) is 0 Å². The topological polar surface area (TPSA) is 92.5 Å². The van der Waals surface area contributed by atoms with Crippen molar-refractivity contribution in [3.63, 3.8) is 0 Å². The molecule has 2 aromatic carbocycles. The summed E-state index contributed by atoms with van der Waals surface area (Å²) in [5, 5.41) is 14.2. The Morgan fingerprint density at radius 2 is 1.85 bits per heavy atom. The van der Waals surface area contributed by atoms with Crippen molar-refractivity contribution in [2.45, 2.75) is 18.9 Å². The van der Waals surface area contributed by atoms with Crippen molar-refractivity contribution in [2.75, 3.05) is 11.9 Å². The van der Waals surface area contributed by atoms with E-state index in [9.17, 15) is 19.7 Å². The maximum Gasteiger partial charge on any atom is 0.271 e. The molecule has 1 N–H and O–H groups in total. The van der Waals surface area contributed by atoms with Gasteiger partial charge in [-0.1, -0.05) is 29.3 Å². The van der Waals surface area contributed by atoms with E-state index in [0.29, 0.717) is 40.7 Å². The number of nitro groups is 1. The smallest absolute Gasteiger partial charge is 0.271 e. The van der Waals surface area contributed by atoms with Crippen LogP contribution in [0.5, 0.6) is 0 Å². The Kier molecular flexibility index (Phi) is 5.62. The molecule has 1 atom stereocenters. The first-order valence-corrected chi connectivity index (χ1v) is 8.93. The third-order valence-electron chi connectivity index (χ3n) is 4.25. The molecule has 1 saturated heterocycles. The van der Waals surface area contributed by atoms with Gasteiger partial charge in [0.05, 0.1) is 4.92 Å². The fourth-order valence-corrected chi connectivity index (χ4v) is 3.57. The largest absolute Gasteiger partial charge is 0.327 e. The first kappa shape index (κ1) is 19.1. The van der Waals surface area contributed by atoms with Gasteiger partial charge < -0.3 is 10.2 Å². The van der Waals surface area contributed by atoms with Crippen LogP contribution in [0.25, 0.3) is 0 Å². The highest BCUT2D eigenvalue weighted by Crippen LogP contribution is 2.26. The summed E-state index contributed by atoms with van der Waals surface area (Å²) < 4.78 is 0. The zero-order valence-electron chi connectivity index (χ0n) is 14.0. The predicted molar refractivity (Wildman–Crippen MR) is 102 cm³/mol. The normalized spacial score (nSPS) is 16.2. The van der Waals surface area contributed by atoms with Gasteiger partial charge in [0, 0.05) is 40.0 Å². The molecular weight excluding hydrogens is 393 g/mol. The van der Waals surface area contributed by atoms with Crippen molar-refractivity contribution in [1.82, 2.24) is 4.90 Å². The van der Waals surface area contributed by atoms with Crippen LogP contribution in [0.2, 0.25) is 10.0 Å². The predicted octanol–water partition coefficient (Wildman–Crippen LogP) is 4.14. The number of amides is 2. The Bertz CT molecular complexity index is 899. The molecule has 3 rings (SSSR count). The quantitative estimate of drug-likeness (QED) is 0.608. The van der Waals surface area contributed by atoms with Crippen molar-refractivity contribution in [2.24, 2.45) is 0 Å². The van der Waals surface area contributed by atoms with Gasteiger partial charge in [0.1, 0.15) is 6.04 Å². The van der Waals surface area contributed by atoms with Crippen LogP contribution in [0.15, 0.2) is 42.5 Å². The number of carbonyl (C=O) groups excluding carboxylic acids is 2. The lowest BCUT2D eigenvalue weighted by atomic mass is 10.1. The van der Waals surface area contributed by atoms with Gasteiger partial charge >= 0.3 is 0 Å². The first-order valence-electron chi connectivity index (χ1n) is 8.17. The number of anilines is 1. The number of likely N-dealkylation sites (tertiary alicyclic amines) is 1. The second kappa shape index (κ2) is 7.94. The molecule has 9 heteroatoms. The second-order valence-electron chi connectivity index (χ2n) is 6.11. The summed E-state index contributed by atoms with van der Waals surface area (Å²) in [6.07, 6.45) is 1.17. The monoisotopic (exact) mass is 407 g/mol. The van der Waals surface area contributed by atoms with Crippen LogP contribution in [0.4, 0.5) is 11.4 Å². The van der Waals surface area contributed by atoms with Gasteiger partial charge in [0.2, 0.25) is 5.91 Å². The lowest BCUT2D eigenvalue weighted by Gasteiger charge is -2.24. The molecule has 0 aliphatic carbocycles. The van der Waals surface area contributed by atoms with Crippen LogP contribution in [0.1, 0.15) is 23.2 Å². The van der Waals surface area contributed by atoms with E-state index in [-0.39, 0.29) is 11.6 Å². The first-order chi connectivity index (χ1) is 12.8. The molecule has 0 radical (unpaired) electrons. The summed E-state index contributed by atoms with van der Waals surface area (Å²) in [5.41, 5.74) is 0.488. The molecule has 0 saturated carbocycles. The number of benzene rings is 2. The van der Waals surface area contributed by atoms with Gasteiger partial charge in [0.15, 0.2) is 0 Å². The van der Waals surface area contributed by atoms with Gasteiger partial charge in [0.25, 0.3) is 11.6 Å². The molecule has 1 fully saturated rings. The van der Waals surface area contributed by atoms with Gasteiger partial charge in [-0.05, 0) is 37.1 Å². The molecule has 1 unspecified atom stereocenters. The van der Waals surface area contributed by atoms with E-state index in [4.69, 9.17) is 23.2 Å². The summed E-state index contributed by atoms with van der Waals surface area (Å²) in [4.78, 5) is 37.2. The minimum atomic E-state index is -0.672. The van der Waals surface area contributed by atoms with E-state index < -0.39 is 16.9 Å². The van der Waals surface area contributed by atoms with Crippen LogP contribution in [-0.2, 0) is 4.79 Å². The van der Waals surface area contributed by atoms with E-state index in [1.54, 1.807) is 6.07 Å². The average molecular weight is 408 g/mol. The van der Waals surface area contributed by atoms with Crippen molar-refractivity contribution in [3.8, 4) is 0 Å². The number of hydrogen-bond acceptors (Lipinski definition) is 4. The molecule has 0 spiro atoms. The van der Waals surface area contributed by atoms with E-state index in [1.165, 1.54) is 41.3 Å². The molecule has 0 bridgehead atoms. The number of carbonyl (C=O) groups is 2. The van der Waals surface area contributed by atoms with E-state index in [2.05, 4.69) is 5.32 Å². The van der Waals surface area contributed by atoms with Crippen LogP contribution in [-0.4, -0.2) is 34.2 Å². The van der Waals surface area contributed by atoms with Crippen LogP contribution < -0.4 is 5.32 Å². The zero-order valence-corrected chi connectivity index (χ0v) is 15.5. The number of halogens is 2. The van der Waals surface area contributed by atoms with E-state index >= 15 is 0 Å². The Hall–Kier alpha value is -2.64. The minimum absolute atomic E-state index is 0.124. The summed E-state index contributed by atoms with van der Waals surface area (Å²) in [7, 11) is 0. The standard InChI is InChI=1S/C18H15Cl2N3O4/c19-12-7-11(8-13(20)9-12)18(25)22-6-2-5-16(22)17(24)21-14-3-1-4-15(10-14)23(26)27/h1,3-4,7-10,16H,2,5-6H2,(H,21,24). The number of nitro benzene ring substituents is 1. The van der Waals surface area contributed by atoms with Crippen LogP contribution in [0.3, 0.4) is 0 Å².